The number of furan rings is 1. The fraction of sp³-hybridized carbons (Fsp3) is 0.188. The van der Waals surface area contributed by atoms with Crippen molar-refractivity contribution in [2.75, 3.05) is 11.9 Å². The molecule has 0 aliphatic rings. The highest BCUT2D eigenvalue weighted by Gasteiger charge is 2.15. The Hall–Kier alpha value is -2.41. The molecule has 0 aliphatic carbocycles. The lowest BCUT2D eigenvalue weighted by Crippen LogP contribution is -2.20. The molecule has 3 aromatic rings. The number of hydrogen-bond donors (Lipinski definition) is 1. The maximum atomic E-state index is 12.0. The summed E-state index contributed by atoms with van der Waals surface area (Å²) in [5.74, 6) is 0.830. The molecule has 0 bridgehead atoms. The van der Waals surface area contributed by atoms with E-state index in [0.29, 0.717) is 22.7 Å². The van der Waals surface area contributed by atoms with Crippen molar-refractivity contribution in [2.45, 2.75) is 13.8 Å². The van der Waals surface area contributed by atoms with Gasteiger partial charge < -0.3 is 14.5 Å². The predicted octanol–water partition coefficient (Wildman–Crippen LogP) is 3.62. The van der Waals surface area contributed by atoms with Crippen LogP contribution in [0.5, 0.6) is 5.88 Å². The summed E-state index contributed by atoms with van der Waals surface area (Å²) in [6.07, 6.45) is 1.35. The highest BCUT2D eigenvalue weighted by molar-refractivity contribution is 9.10. The zero-order valence-corrected chi connectivity index (χ0v) is 14.2. The molecule has 0 atom stereocenters. The van der Waals surface area contributed by atoms with E-state index in [-0.39, 0.29) is 12.5 Å². The smallest absolute Gasteiger partial charge is 0.262 e. The Balaban J connectivity index is 1.71. The van der Waals surface area contributed by atoms with Gasteiger partial charge in [0.15, 0.2) is 6.61 Å². The first-order valence-electron chi connectivity index (χ1n) is 6.93. The first kappa shape index (κ1) is 15.5. The van der Waals surface area contributed by atoms with Crippen molar-refractivity contribution in [3.8, 4) is 5.88 Å². The Kier molecular flexibility index (Phi) is 4.29. The monoisotopic (exact) mass is 375 g/mol. The van der Waals surface area contributed by atoms with Crippen molar-refractivity contribution in [1.29, 1.82) is 0 Å². The molecule has 0 radical (unpaired) electrons. The quantitative estimate of drug-likeness (QED) is 0.753. The summed E-state index contributed by atoms with van der Waals surface area (Å²) in [6.45, 7) is 3.60. The number of hydrogen-bond acceptors (Lipinski definition) is 5. The van der Waals surface area contributed by atoms with Crippen molar-refractivity contribution in [3.63, 3.8) is 0 Å². The number of aromatic nitrogens is 2. The predicted molar refractivity (Wildman–Crippen MR) is 89.5 cm³/mol. The van der Waals surface area contributed by atoms with Crippen LogP contribution in [-0.4, -0.2) is 22.5 Å². The Morgan fingerprint density at radius 3 is 2.74 bits per heavy atom. The zero-order chi connectivity index (χ0) is 16.4. The van der Waals surface area contributed by atoms with Gasteiger partial charge in [-0.3, -0.25) is 4.79 Å². The fourth-order valence-electron chi connectivity index (χ4n) is 2.12. The second-order valence-electron chi connectivity index (χ2n) is 4.99. The van der Waals surface area contributed by atoms with Gasteiger partial charge in [-0.15, -0.1) is 0 Å². The summed E-state index contributed by atoms with van der Waals surface area (Å²) in [5, 5.41) is 3.45. The van der Waals surface area contributed by atoms with Crippen LogP contribution in [-0.2, 0) is 4.79 Å². The number of nitrogens with one attached hydrogen (secondary N) is 1. The Morgan fingerprint density at radius 2 is 2.00 bits per heavy atom. The molecular weight excluding hydrogens is 362 g/mol. The lowest BCUT2D eigenvalue weighted by Gasteiger charge is -2.07. The summed E-state index contributed by atoms with van der Waals surface area (Å²) in [7, 11) is 0. The SMILES string of the molecule is Cc1oc2ncnc(OCC(=O)Nc3ccc(Br)cc3)c2c1C. The van der Waals surface area contributed by atoms with Crippen molar-refractivity contribution < 1.29 is 13.9 Å². The maximum absolute atomic E-state index is 12.0. The van der Waals surface area contributed by atoms with Gasteiger partial charge in [0.2, 0.25) is 11.6 Å². The van der Waals surface area contributed by atoms with Gasteiger partial charge in [0.1, 0.15) is 17.5 Å². The highest BCUT2D eigenvalue weighted by Crippen LogP contribution is 2.29. The number of rotatable bonds is 4. The number of nitrogens with zero attached hydrogens (tertiary/aromatic N) is 2. The summed E-state index contributed by atoms with van der Waals surface area (Å²) in [5.41, 5.74) is 2.06. The van der Waals surface area contributed by atoms with Gasteiger partial charge in [0, 0.05) is 15.7 Å². The molecule has 23 heavy (non-hydrogen) atoms. The Bertz CT molecular complexity index is 859. The first-order chi connectivity index (χ1) is 11.0. The fourth-order valence-corrected chi connectivity index (χ4v) is 2.39. The number of amides is 1. The lowest BCUT2D eigenvalue weighted by atomic mass is 10.2. The summed E-state index contributed by atoms with van der Waals surface area (Å²) >= 11 is 3.34. The lowest BCUT2D eigenvalue weighted by molar-refractivity contribution is -0.118. The molecule has 2 heterocycles. The molecule has 2 aromatic heterocycles. The van der Waals surface area contributed by atoms with E-state index in [1.165, 1.54) is 6.33 Å². The average Bonchev–Trinajstić information content (AvgIpc) is 2.83. The molecule has 1 N–H and O–H groups in total. The third-order valence-electron chi connectivity index (χ3n) is 3.40. The third-order valence-corrected chi connectivity index (χ3v) is 3.93. The minimum Gasteiger partial charge on any atom is -0.467 e. The molecule has 0 aliphatic heterocycles. The summed E-state index contributed by atoms with van der Waals surface area (Å²) in [4.78, 5) is 20.1. The summed E-state index contributed by atoms with van der Waals surface area (Å²) in [6, 6.07) is 7.30. The minimum atomic E-state index is -0.267. The van der Waals surface area contributed by atoms with E-state index in [1.807, 2.05) is 26.0 Å². The Morgan fingerprint density at radius 1 is 1.26 bits per heavy atom. The van der Waals surface area contributed by atoms with E-state index in [9.17, 15) is 4.79 Å². The topological polar surface area (TPSA) is 77.2 Å². The second kappa shape index (κ2) is 6.37. The molecule has 0 spiro atoms. The maximum Gasteiger partial charge on any atom is 0.262 e. The molecular formula is C16H14BrN3O3. The van der Waals surface area contributed by atoms with Gasteiger partial charge in [-0.25, -0.2) is 9.97 Å². The normalized spacial score (nSPS) is 10.7. The van der Waals surface area contributed by atoms with Crippen LogP contribution < -0.4 is 10.1 Å². The molecule has 1 amide bonds. The zero-order valence-electron chi connectivity index (χ0n) is 12.6. The van der Waals surface area contributed by atoms with Crippen molar-refractivity contribution in [3.05, 3.63) is 46.4 Å². The van der Waals surface area contributed by atoms with E-state index < -0.39 is 0 Å². The van der Waals surface area contributed by atoms with E-state index in [0.717, 1.165) is 15.8 Å². The molecule has 0 fully saturated rings. The molecule has 3 rings (SSSR count). The van der Waals surface area contributed by atoms with Crippen LogP contribution in [0.2, 0.25) is 0 Å². The molecule has 0 saturated heterocycles. The number of fused-ring (bicyclic) bond motifs is 1. The van der Waals surface area contributed by atoms with Crippen LogP contribution in [0, 0.1) is 13.8 Å². The van der Waals surface area contributed by atoms with Crippen LogP contribution >= 0.6 is 15.9 Å². The standard InChI is InChI=1S/C16H14BrN3O3/c1-9-10(2)23-16-14(9)15(18-8-19-16)22-7-13(21)20-12-5-3-11(17)4-6-12/h3-6,8H,7H2,1-2H3,(H,20,21). The molecule has 0 unspecified atom stereocenters. The number of carbonyl (C=O) groups is 1. The van der Waals surface area contributed by atoms with Crippen molar-refractivity contribution in [2.24, 2.45) is 0 Å². The number of carbonyl (C=O) groups excluding carboxylic acids is 1. The molecule has 0 saturated carbocycles. The van der Waals surface area contributed by atoms with Crippen molar-refractivity contribution >= 4 is 38.6 Å². The van der Waals surface area contributed by atoms with Crippen LogP contribution in [0.15, 0.2) is 39.5 Å². The number of halogens is 1. The van der Waals surface area contributed by atoms with E-state index in [1.54, 1.807) is 12.1 Å². The van der Waals surface area contributed by atoms with E-state index >= 15 is 0 Å². The largest absolute Gasteiger partial charge is 0.467 e. The number of anilines is 1. The number of benzene rings is 1. The van der Waals surface area contributed by atoms with Crippen LogP contribution in [0.4, 0.5) is 5.69 Å². The van der Waals surface area contributed by atoms with Crippen LogP contribution in [0.25, 0.3) is 11.1 Å². The van der Waals surface area contributed by atoms with Gasteiger partial charge in [-0.05, 0) is 38.1 Å². The minimum absolute atomic E-state index is 0.147. The van der Waals surface area contributed by atoms with Gasteiger partial charge in [-0.1, -0.05) is 15.9 Å². The van der Waals surface area contributed by atoms with E-state index in [2.05, 4.69) is 31.2 Å². The van der Waals surface area contributed by atoms with Gasteiger partial charge in [-0.2, -0.15) is 0 Å². The number of aryl methyl sites for hydroxylation is 2. The molecule has 6 nitrogen and oxygen atoms in total. The highest BCUT2D eigenvalue weighted by atomic mass is 79.9. The second-order valence-corrected chi connectivity index (χ2v) is 5.90. The molecule has 1 aromatic carbocycles. The summed E-state index contributed by atoms with van der Waals surface area (Å²) < 4.78 is 12.0. The number of ether oxygens (including phenoxy) is 1. The van der Waals surface area contributed by atoms with Crippen molar-refractivity contribution in [1.82, 2.24) is 9.97 Å². The van der Waals surface area contributed by atoms with Gasteiger partial charge >= 0.3 is 0 Å². The molecule has 118 valence electrons. The Labute approximate surface area is 141 Å². The average molecular weight is 376 g/mol. The van der Waals surface area contributed by atoms with Crippen LogP contribution in [0.1, 0.15) is 11.3 Å². The first-order valence-corrected chi connectivity index (χ1v) is 7.73. The third kappa shape index (κ3) is 3.34. The van der Waals surface area contributed by atoms with Crippen LogP contribution in [0.3, 0.4) is 0 Å². The van der Waals surface area contributed by atoms with E-state index in [4.69, 9.17) is 9.15 Å². The molecule has 7 heteroatoms. The van der Waals surface area contributed by atoms with Gasteiger partial charge in [0.05, 0.1) is 0 Å². The van der Waals surface area contributed by atoms with Gasteiger partial charge in [0.25, 0.3) is 5.91 Å².